The molecule has 0 saturated carbocycles. The molecule has 1 N–H and O–H groups in total. The largest absolute Gasteiger partial charge is 0.490 e. The van der Waals surface area contributed by atoms with E-state index in [-0.39, 0.29) is 12.2 Å². The molecule has 1 aromatic carbocycles. The van der Waals surface area contributed by atoms with Crippen molar-refractivity contribution < 1.29 is 31.8 Å². The minimum absolute atomic E-state index is 0.0567. The Balaban J connectivity index is 3.11. The Morgan fingerprint density at radius 2 is 2.04 bits per heavy atom. The van der Waals surface area contributed by atoms with Crippen molar-refractivity contribution in [3.63, 3.8) is 0 Å². The number of halogens is 3. The van der Waals surface area contributed by atoms with Crippen LogP contribution in [0.5, 0.6) is 0 Å². The third-order valence-electron chi connectivity index (χ3n) is 2.47. The molecule has 7 nitrogen and oxygen atoms in total. The van der Waals surface area contributed by atoms with Gasteiger partial charge in [-0.3, -0.25) is 9.52 Å². The van der Waals surface area contributed by atoms with Gasteiger partial charge in [-0.2, -0.15) is 13.2 Å². The van der Waals surface area contributed by atoms with Crippen molar-refractivity contribution in [2.24, 2.45) is 10.3 Å². The number of carbonyl (C=O) groups excluding carboxylic acids is 1. The molecule has 24 heavy (non-hydrogen) atoms. The van der Waals surface area contributed by atoms with Gasteiger partial charge in [0.05, 0.1) is 0 Å². The number of hydrogen-bond acceptors (Lipinski definition) is 6. The van der Waals surface area contributed by atoms with Gasteiger partial charge in [0, 0.05) is 17.3 Å². The van der Waals surface area contributed by atoms with Crippen LogP contribution in [0.4, 0.5) is 13.2 Å². The van der Waals surface area contributed by atoms with Gasteiger partial charge in [-0.1, -0.05) is 34.6 Å². The van der Waals surface area contributed by atoms with Crippen LogP contribution in [0.1, 0.15) is 18.1 Å². The number of carbonyl (C=O) groups is 1. The Kier molecular flexibility index (Phi) is 7.36. The van der Waals surface area contributed by atoms with E-state index in [1.54, 1.807) is 25.1 Å². The van der Waals surface area contributed by atoms with Crippen LogP contribution < -0.4 is 4.72 Å². The molecule has 1 rings (SSSR count). The Morgan fingerprint density at radius 3 is 2.62 bits per heavy atom. The van der Waals surface area contributed by atoms with Gasteiger partial charge < -0.3 is 9.68 Å². The molecule has 0 spiro atoms. The van der Waals surface area contributed by atoms with Gasteiger partial charge in [0.15, 0.2) is 5.71 Å². The SMILES string of the molecule is C/C=N\OCc1ccccc1/C(=N\OC)C(=O)NS(=O)C(F)(F)F. The van der Waals surface area contributed by atoms with Gasteiger partial charge in [0.2, 0.25) is 11.0 Å². The first-order valence-corrected chi connectivity index (χ1v) is 7.55. The van der Waals surface area contributed by atoms with E-state index in [0.717, 1.165) is 7.11 Å². The summed E-state index contributed by atoms with van der Waals surface area (Å²) in [6, 6.07) is 6.18. The molecular weight excluding hydrogens is 351 g/mol. The molecule has 1 unspecified atom stereocenters. The van der Waals surface area contributed by atoms with Crippen LogP contribution in [0.2, 0.25) is 0 Å². The van der Waals surface area contributed by atoms with Gasteiger partial charge in [-0.15, -0.1) is 0 Å². The average molecular weight is 365 g/mol. The number of alkyl halides is 3. The first-order valence-electron chi connectivity index (χ1n) is 6.40. The van der Waals surface area contributed by atoms with Gasteiger partial charge in [-0.25, -0.2) is 4.21 Å². The Hall–Kier alpha value is -2.43. The Bertz CT molecular complexity index is 662. The quantitative estimate of drug-likeness (QED) is 0.590. The van der Waals surface area contributed by atoms with E-state index in [2.05, 4.69) is 15.1 Å². The molecule has 0 aliphatic heterocycles. The summed E-state index contributed by atoms with van der Waals surface area (Å²) < 4.78 is 49.3. The summed E-state index contributed by atoms with van der Waals surface area (Å²) in [5, 5.41) is 6.97. The van der Waals surface area contributed by atoms with Crippen molar-refractivity contribution in [3.05, 3.63) is 35.4 Å². The lowest BCUT2D eigenvalue weighted by atomic mass is 10.0. The van der Waals surface area contributed by atoms with Crippen molar-refractivity contribution in [1.82, 2.24) is 4.72 Å². The Morgan fingerprint density at radius 1 is 1.38 bits per heavy atom. The van der Waals surface area contributed by atoms with E-state index in [1.165, 1.54) is 17.0 Å². The predicted molar refractivity (Wildman–Crippen MR) is 81.3 cm³/mol. The summed E-state index contributed by atoms with van der Waals surface area (Å²) in [5.74, 6) is -1.31. The van der Waals surface area contributed by atoms with Crippen LogP contribution in [0.3, 0.4) is 0 Å². The van der Waals surface area contributed by atoms with Crippen LogP contribution in [0, 0.1) is 0 Å². The molecule has 0 fully saturated rings. The van der Waals surface area contributed by atoms with Crippen molar-refractivity contribution in [1.29, 1.82) is 0 Å². The summed E-state index contributed by atoms with van der Waals surface area (Å²) in [5.41, 5.74) is -4.99. The summed E-state index contributed by atoms with van der Waals surface area (Å²) >= 11 is 0. The summed E-state index contributed by atoms with van der Waals surface area (Å²) in [6.45, 7) is 1.57. The minimum atomic E-state index is -5.09. The highest BCUT2D eigenvalue weighted by molar-refractivity contribution is 7.84. The van der Waals surface area contributed by atoms with E-state index in [1.807, 2.05) is 0 Å². The van der Waals surface area contributed by atoms with Gasteiger partial charge in [0.1, 0.15) is 13.7 Å². The van der Waals surface area contributed by atoms with E-state index < -0.39 is 28.1 Å². The fourth-order valence-electron chi connectivity index (χ4n) is 1.55. The molecule has 132 valence electrons. The monoisotopic (exact) mass is 365 g/mol. The number of oxime groups is 2. The highest BCUT2D eigenvalue weighted by Gasteiger charge is 2.39. The second kappa shape index (κ2) is 9.01. The van der Waals surface area contributed by atoms with Crippen LogP contribution in [-0.2, 0) is 32.1 Å². The van der Waals surface area contributed by atoms with Gasteiger partial charge in [0.25, 0.3) is 5.91 Å². The van der Waals surface area contributed by atoms with Crippen molar-refractivity contribution in [2.75, 3.05) is 7.11 Å². The van der Waals surface area contributed by atoms with Crippen molar-refractivity contribution in [3.8, 4) is 0 Å². The van der Waals surface area contributed by atoms with E-state index in [9.17, 15) is 22.2 Å². The smallest absolute Gasteiger partial charge is 0.398 e. The van der Waals surface area contributed by atoms with Crippen molar-refractivity contribution in [2.45, 2.75) is 19.0 Å². The molecule has 0 saturated heterocycles. The highest BCUT2D eigenvalue weighted by Crippen LogP contribution is 2.18. The van der Waals surface area contributed by atoms with E-state index >= 15 is 0 Å². The van der Waals surface area contributed by atoms with Crippen LogP contribution in [0.25, 0.3) is 0 Å². The second-order valence-corrected chi connectivity index (χ2v) is 5.27. The molecule has 11 heteroatoms. The Labute approximate surface area is 138 Å². The molecule has 1 amide bonds. The normalized spacial score (nSPS) is 13.6. The molecule has 0 heterocycles. The maximum atomic E-state index is 12.3. The standard InChI is InChI=1S/C13H14F3N3O4S/c1-3-17-23-8-9-6-4-5-7-10(9)11(18-22-2)12(20)19-24(21)13(14,15)16/h3-7H,8H2,1-2H3,(H,19,20)/b17-3-,18-11+. The first-order chi connectivity index (χ1) is 11.3. The maximum Gasteiger partial charge on any atom is 0.490 e. The zero-order valence-electron chi connectivity index (χ0n) is 12.7. The number of nitrogens with one attached hydrogen (secondary N) is 1. The van der Waals surface area contributed by atoms with Crippen LogP contribution in [0.15, 0.2) is 34.6 Å². The molecule has 0 aliphatic carbocycles. The van der Waals surface area contributed by atoms with Crippen LogP contribution >= 0.6 is 0 Å². The first kappa shape index (κ1) is 19.6. The lowest BCUT2D eigenvalue weighted by Gasteiger charge is -2.12. The number of nitrogens with zero attached hydrogens (tertiary/aromatic N) is 2. The summed E-state index contributed by atoms with van der Waals surface area (Å²) in [6.07, 6.45) is 1.39. The molecule has 1 atom stereocenters. The van der Waals surface area contributed by atoms with E-state index in [0.29, 0.717) is 5.56 Å². The fraction of sp³-hybridized carbons (Fsp3) is 0.308. The summed E-state index contributed by atoms with van der Waals surface area (Å²) in [4.78, 5) is 21.4. The zero-order valence-corrected chi connectivity index (χ0v) is 13.5. The number of amides is 1. The molecule has 0 aliphatic rings. The van der Waals surface area contributed by atoms with E-state index in [4.69, 9.17) is 4.84 Å². The molecule has 0 aromatic heterocycles. The molecule has 0 bridgehead atoms. The van der Waals surface area contributed by atoms with Crippen LogP contribution in [-0.4, -0.2) is 34.7 Å². The number of benzene rings is 1. The zero-order chi connectivity index (χ0) is 18.2. The molecule has 0 radical (unpaired) electrons. The topological polar surface area (TPSA) is 89.3 Å². The lowest BCUT2D eigenvalue weighted by molar-refractivity contribution is -0.113. The average Bonchev–Trinajstić information content (AvgIpc) is 2.52. The van der Waals surface area contributed by atoms with Gasteiger partial charge >= 0.3 is 5.51 Å². The van der Waals surface area contributed by atoms with Gasteiger partial charge in [-0.05, 0) is 6.92 Å². The molecule has 1 aromatic rings. The lowest BCUT2D eigenvalue weighted by Crippen LogP contribution is -2.39. The number of rotatable bonds is 7. The molecular formula is C13H14F3N3O4S. The van der Waals surface area contributed by atoms with Crippen molar-refractivity contribution >= 4 is 28.8 Å². The third-order valence-corrected chi connectivity index (χ3v) is 3.26. The second-order valence-electron chi connectivity index (χ2n) is 4.06. The summed E-state index contributed by atoms with van der Waals surface area (Å²) in [7, 11) is -2.45. The third kappa shape index (κ3) is 5.65. The number of hydrogen-bond donors (Lipinski definition) is 1. The highest BCUT2D eigenvalue weighted by atomic mass is 32.2. The minimum Gasteiger partial charge on any atom is -0.398 e. The predicted octanol–water partition coefficient (Wildman–Crippen LogP) is 1.86. The fourth-order valence-corrected chi connectivity index (χ4v) is 1.93. The maximum absolute atomic E-state index is 12.3.